The fourth-order valence-electron chi connectivity index (χ4n) is 1.63. The van der Waals surface area contributed by atoms with E-state index in [1.165, 1.54) is 25.9 Å². The van der Waals surface area contributed by atoms with E-state index in [1.54, 1.807) is 20.8 Å². The van der Waals surface area contributed by atoms with Crippen molar-refractivity contribution >= 4 is 23.8 Å². The molecule has 2 amide bonds. The summed E-state index contributed by atoms with van der Waals surface area (Å²) in [7, 11) is 2.89. The average Bonchev–Trinajstić information content (AvgIpc) is 2.49. The highest BCUT2D eigenvalue weighted by Crippen LogP contribution is 2.19. The summed E-state index contributed by atoms with van der Waals surface area (Å²) in [6.45, 7) is 5.30. The number of likely N-dealkylation sites (N-methyl/N-ethyl adjacent to an activating group) is 1. The lowest BCUT2D eigenvalue weighted by Gasteiger charge is -2.25. The van der Waals surface area contributed by atoms with Crippen LogP contribution in [0.5, 0.6) is 0 Å². The first-order chi connectivity index (χ1) is 10.7. The SMILES string of the molecule is CON(C)C(=O)C(CSc1ccccc1)NC(=O)OC(C)(C)C. The van der Waals surface area contributed by atoms with E-state index in [0.717, 1.165) is 9.96 Å². The summed E-state index contributed by atoms with van der Waals surface area (Å²) in [4.78, 5) is 30.2. The molecule has 0 aromatic heterocycles. The van der Waals surface area contributed by atoms with E-state index in [4.69, 9.17) is 9.57 Å². The minimum Gasteiger partial charge on any atom is -0.444 e. The smallest absolute Gasteiger partial charge is 0.408 e. The van der Waals surface area contributed by atoms with Gasteiger partial charge in [0.1, 0.15) is 11.6 Å². The molecular formula is C16H24N2O4S. The van der Waals surface area contributed by atoms with Crippen LogP contribution in [0.25, 0.3) is 0 Å². The lowest BCUT2D eigenvalue weighted by Crippen LogP contribution is -2.49. The van der Waals surface area contributed by atoms with Crippen LogP contribution < -0.4 is 5.32 Å². The van der Waals surface area contributed by atoms with Crippen LogP contribution >= 0.6 is 11.8 Å². The quantitative estimate of drug-likeness (QED) is 0.637. The highest BCUT2D eigenvalue weighted by Gasteiger charge is 2.27. The van der Waals surface area contributed by atoms with Gasteiger partial charge >= 0.3 is 6.09 Å². The molecule has 0 bridgehead atoms. The molecule has 1 unspecified atom stereocenters. The Balaban J connectivity index is 2.72. The van der Waals surface area contributed by atoms with Crippen LogP contribution in [0, 0.1) is 0 Å². The monoisotopic (exact) mass is 340 g/mol. The Hall–Kier alpha value is -1.73. The van der Waals surface area contributed by atoms with Crippen LogP contribution in [0.4, 0.5) is 4.79 Å². The number of carbonyl (C=O) groups excluding carboxylic acids is 2. The van der Waals surface area contributed by atoms with E-state index < -0.39 is 17.7 Å². The summed E-state index contributed by atoms with van der Waals surface area (Å²) in [6, 6.07) is 8.90. The Kier molecular flexibility index (Phi) is 7.38. The number of alkyl carbamates (subject to hydrolysis) is 1. The van der Waals surface area contributed by atoms with Crippen molar-refractivity contribution in [2.24, 2.45) is 0 Å². The topological polar surface area (TPSA) is 67.9 Å². The molecule has 6 nitrogen and oxygen atoms in total. The van der Waals surface area contributed by atoms with Gasteiger partial charge in [0.25, 0.3) is 5.91 Å². The van der Waals surface area contributed by atoms with Crippen molar-refractivity contribution in [2.45, 2.75) is 37.3 Å². The number of nitrogens with zero attached hydrogens (tertiary/aromatic N) is 1. The largest absolute Gasteiger partial charge is 0.444 e. The minimum atomic E-state index is -0.750. The van der Waals surface area contributed by atoms with Gasteiger partial charge in [-0.2, -0.15) is 0 Å². The van der Waals surface area contributed by atoms with Gasteiger partial charge in [0, 0.05) is 17.7 Å². The average molecular weight is 340 g/mol. The molecule has 0 heterocycles. The van der Waals surface area contributed by atoms with Gasteiger partial charge in [0.15, 0.2) is 0 Å². The van der Waals surface area contributed by atoms with E-state index in [9.17, 15) is 9.59 Å². The van der Waals surface area contributed by atoms with E-state index in [-0.39, 0.29) is 5.91 Å². The molecule has 0 spiro atoms. The number of benzene rings is 1. The lowest BCUT2D eigenvalue weighted by molar-refractivity contribution is -0.170. The van der Waals surface area contributed by atoms with E-state index in [1.807, 2.05) is 30.3 Å². The third kappa shape index (κ3) is 7.38. The van der Waals surface area contributed by atoms with E-state index in [0.29, 0.717) is 5.75 Å². The van der Waals surface area contributed by atoms with Crippen LogP contribution in [0.3, 0.4) is 0 Å². The Bertz CT molecular complexity index is 517. The van der Waals surface area contributed by atoms with Crippen molar-refractivity contribution < 1.29 is 19.2 Å². The Morgan fingerprint density at radius 1 is 1.26 bits per heavy atom. The highest BCUT2D eigenvalue weighted by molar-refractivity contribution is 7.99. The van der Waals surface area contributed by atoms with E-state index in [2.05, 4.69) is 5.32 Å². The number of hydroxylamine groups is 2. The van der Waals surface area contributed by atoms with Gasteiger partial charge in [-0.3, -0.25) is 9.63 Å². The predicted octanol–water partition coefficient (Wildman–Crippen LogP) is 2.69. The van der Waals surface area contributed by atoms with Crippen molar-refractivity contribution in [3.63, 3.8) is 0 Å². The first-order valence-electron chi connectivity index (χ1n) is 7.22. The second-order valence-corrected chi connectivity index (χ2v) is 6.93. The molecule has 1 atom stereocenters. The van der Waals surface area contributed by atoms with Gasteiger partial charge in [-0.25, -0.2) is 9.86 Å². The van der Waals surface area contributed by atoms with Gasteiger partial charge in [-0.1, -0.05) is 18.2 Å². The molecular weight excluding hydrogens is 316 g/mol. The highest BCUT2D eigenvalue weighted by atomic mass is 32.2. The summed E-state index contributed by atoms with van der Waals surface area (Å²) in [5.74, 6) is 0.0253. The number of nitrogens with one attached hydrogen (secondary N) is 1. The number of ether oxygens (including phenoxy) is 1. The molecule has 0 saturated carbocycles. The van der Waals surface area contributed by atoms with Crippen LogP contribution in [0.15, 0.2) is 35.2 Å². The third-order valence-corrected chi connectivity index (χ3v) is 3.84. The molecule has 7 heteroatoms. The molecule has 23 heavy (non-hydrogen) atoms. The van der Waals surface area contributed by atoms with Crippen LogP contribution in [-0.4, -0.2) is 48.6 Å². The van der Waals surface area contributed by atoms with Crippen LogP contribution in [-0.2, 0) is 14.4 Å². The molecule has 0 aliphatic rings. The fraction of sp³-hybridized carbons (Fsp3) is 0.500. The second kappa shape index (κ2) is 8.79. The maximum Gasteiger partial charge on any atom is 0.408 e. The van der Waals surface area contributed by atoms with Crippen molar-refractivity contribution in [1.82, 2.24) is 10.4 Å². The first-order valence-corrected chi connectivity index (χ1v) is 8.20. The molecule has 0 saturated heterocycles. The summed E-state index contributed by atoms with van der Waals surface area (Å²) in [5.41, 5.74) is -0.628. The maximum absolute atomic E-state index is 12.3. The molecule has 1 aromatic rings. The molecule has 1 rings (SSSR count). The lowest BCUT2D eigenvalue weighted by atomic mass is 10.2. The molecule has 0 aliphatic heterocycles. The van der Waals surface area contributed by atoms with Gasteiger partial charge in [-0.15, -0.1) is 11.8 Å². The summed E-state index contributed by atoms with van der Waals surface area (Å²) < 4.78 is 5.21. The molecule has 1 aromatic carbocycles. The van der Waals surface area contributed by atoms with Gasteiger partial charge < -0.3 is 10.1 Å². The summed E-state index contributed by atoms with van der Waals surface area (Å²) in [6.07, 6.45) is -0.631. The second-order valence-electron chi connectivity index (χ2n) is 5.84. The Morgan fingerprint density at radius 3 is 2.39 bits per heavy atom. The van der Waals surface area contributed by atoms with Crippen molar-refractivity contribution in [3.8, 4) is 0 Å². The van der Waals surface area contributed by atoms with Gasteiger partial charge in [0.05, 0.1) is 7.11 Å². The zero-order chi connectivity index (χ0) is 17.5. The first kappa shape index (κ1) is 19.3. The number of amides is 2. The third-order valence-electron chi connectivity index (χ3n) is 2.73. The predicted molar refractivity (Wildman–Crippen MR) is 90.1 cm³/mol. The van der Waals surface area contributed by atoms with E-state index >= 15 is 0 Å². The standard InChI is InChI=1S/C16H24N2O4S/c1-16(2,3)22-15(20)17-13(14(19)18(4)21-5)11-23-12-9-7-6-8-10-12/h6-10,13H,11H2,1-5H3,(H,17,20). The van der Waals surface area contributed by atoms with Crippen LogP contribution in [0.1, 0.15) is 20.8 Å². The van der Waals surface area contributed by atoms with Gasteiger partial charge in [-0.05, 0) is 32.9 Å². The van der Waals surface area contributed by atoms with Crippen molar-refractivity contribution in [1.29, 1.82) is 0 Å². The van der Waals surface area contributed by atoms with Crippen molar-refractivity contribution in [2.75, 3.05) is 19.9 Å². The number of hydrogen-bond acceptors (Lipinski definition) is 5. The van der Waals surface area contributed by atoms with Crippen molar-refractivity contribution in [3.05, 3.63) is 30.3 Å². The zero-order valence-corrected chi connectivity index (χ0v) is 15.0. The maximum atomic E-state index is 12.3. The van der Waals surface area contributed by atoms with Crippen LogP contribution in [0.2, 0.25) is 0 Å². The number of rotatable bonds is 6. The summed E-state index contributed by atoms with van der Waals surface area (Å²) in [5, 5.41) is 3.70. The molecule has 1 N–H and O–H groups in total. The molecule has 0 aliphatic carbocycles. The van der Waals surface area contributed by atoms with Gasteiger partial charge in [0.2, 0.25) is 0 Å². The normalized spacial score (nSPS) is 12.4. The Morgan fingerprint density at radius 2 is 1.87 bits per heavy atom. The number of thioether (sulfide) groups is 1. The fourth-order valence-corrected chi connectivity index (χ4v) is 2.56. The summed E-state index contributed by atoms with van der Waals surface area (Å²) >= 11 is 1.47. The molecule has 128 valence electrons. The minimum absolute atomic E-state index is 0.346. The molecule has 0 radical (unpaired) electrons. The number of hydrogen-bond donors (Lipinski definition) is 1. The molecule has 0 fully saturated rings. The zero-order valence-electron chi connectivity index (χ0n) is 14.2. The Labute approximate surface area is 141 Å². The number of carbonyl (C=O) groups is 2.